The minimum atomic E-state index is -0.719. The number of anilines is 1. The van der Waals surface area contributed by atoms with Crippen LogP contribution >= 0.6 is 0 Å². The van der Waals surface area contributed by atoms with Crippen LogP contribution in [0.25, 0.3) is 0 Å². The topological polar surface area (TPSA) is 59.0 Å². The van der Waals surface area contributed by atoms with Gasteiger partial charge in [0.15, 0.2) is 0 Å². The molecule has 6 heteroatoms. The van der Waals surface area contributed by atoms with Crippen LogP contribution in [0.1, 0.15) is 82.8 Å². The third-order valence-electron chi connectivity index (χ3n) is 7.98. The van der Waals surface area contributed by atoms with E-state index in [2.05, 4.69) is 56.0 Å². The Morgan fingerprint density at radius 1 is 1.05 bits per heavy atom. The monoisotopic (exact) mass is 531 g/mol. The van der Waals surface area contributed by atoms with E-state index in [0.29, 0.717) is 23.9 Å². The molecule has 204 valence electrons. The van der Waals surface area contributed by atoms with Gasteiger partial charge in [0.2, 0.25) is 0 Å². The summed E-state index contributed by atoms with van der Waals surface area (Å²) in [5.41, 5.74) is 4.21. The number of carboxylic acids is 1. The molecule has 0 radical (unpaired) electrons. The van der Waals surface area contributed by atoms with Gasteiger partial charge in [-0.25, -0.2) is 0 Å². The van der Waals surface area contributed by atoms with Gasteiger partial charge in [0.1, 0.15) is 11.5 Å². The van der Waals surface area contributed by atoms with E-state index in [1.54, 1.807) is 7.11 Å². The zero-order valence-electron chi connectivity index (χ0n) is 23.2. The first-order valence-corrected chi connectivity index (χ1v) is 14.1. The van der Waals surface area contributed by atoms with E-state index in [0.717, 1.165) is 62.3 Å². The summed E-state index contributed by atoms with van der Waals surface area (Å²) in [6.07, 6.45) is 8.18. The fraction of sp³-hybridized carbons (Fsp3) is 0.594. The van der Waals surface area contributed by atoms with E-state index in [4.69, 9.17) is 9.47 Å². The van der Waals surface area contributed by atoms with Crippen LogP contribution in [0.15, 0.2) is 42.5 Å². The first-order valence-electron chi connectivity index (χ1n) is 14.1. The van der Waals surface area contributed by atoms with Crippen molar-refractivity contribution < 1.29 is 19.4 Å². The number of carbonyl (C=O) groups is 1. The van der Waals surface area contributed by atoms with Crippen LogP contribution < -0.4 is 14.4 Å². The van der Waals surface area contributed by atoms with Crippen LogP contribution in [-0.2, 0) is 11.2 Å². The summed E-state index contributed by atoms with van der Waals surface area (Å²) < 4.78 is 11.8. The second-order valence-corrected chi connectivity index (χ2v) is 12.3. The van der Waals surface area contributed by atoms with E-state index in [9.17, 15) is 9.90 Å². The van der Waals surface area contributed by atoms with Crippen molar-refractivity contribution in [3.8, 4) is 11.5 Å². The maximum absolute atomic E-state index is 11.4. The Hall–Kier alpha value is -1.69. The number of carboxylic acid groups (broad SMARTS) is 1. The Morgan fingerprint density at radius 2 is 1.79 bits per heavy atom. The number of aliphatic carboxylic acids is 1. The van der Waals surface area contributed by atoms with E-state index in [-0.39, 0.29) is 41.9 Å². The number of methoxy groups -OCH3 is 1. The van der Waals surface area contributed by atoms with Crippen LogP contribution in [0.5, 0.6) is 11.5 Å². The number of hydrogen-bond acceptors (Lipinski definition) is 4. The molecule has 38 heavy (non-hydrogen) atoms. The molecule has 5 nitrogen and oxygen atoms in total. The number of aryl methyl sites for hydroxylation is 1. The second-order valence-electron chi connectivity index (χ2n) is 12.3. The van der Waals surface area contributed by atoms with Gasteiger partial charge in [-0.15, -0.1) is 0 Å². The zero-order valence-corrected chi connectivity index (χ0v) is 23.2. The number of benzene rings is 2. The molecule has 1 N–H and O–H groups in total. The Labute approximate surface area is 251 Å². The zero-order chi connectivity index (χ0) is 26.4. The summed E-state index contributed by atoms with van der Waals surface area (Å²) in [4.78, 5) is 13.9. The molecule has 1 saturated heterocycles. The van der Waals surface area contributed by atoms with Gasteiger partial charge in [-0.1, -0.05) is 39.0 Å². The second kappa shape index (κ2) is 14.1. The summed E-state index contributed by atoms with van der Waals surface area (Å²) >= 11 is 0. The number of ether oxygens (including phenoxy) is 2. The molecule has 2 aromatic rings. The molecule has 0 spiro atoms. The fourth-order valence-electron chi connectivity index (χ4n) is 5.62. The third kappa shape index (κ3) is 9.20. The van der Waals surface area contributed by atoms with Crippen molar-refractivity contribution >= 4 is 41.2 Å². The Bertz CT molecular complexity index is 1040. The van der Waals surface area contributed by atoms with E-state index < -0.39 is 5.97 Å². The molecule has 1 aliphatic carbocycles. The average Bonchev–Trinajstić information content (AvgIpc) is 3.71. The maximum atomic E-state index is 11.4. The predicted octanol–water partition coefficient (Wildman–Crippen LogP) is 6.68. The molecule has 2 aliphatic rings. The van der Waals surface area contributed by atoms with E-state index in [1.165, 1.54) is 24.1 Å². The number of rotatable bonds is 12. The van der Waals surface area contributed by atoms with Crippen molar-refractivity contribution in [1.82, 2.24) is 0 Å². The quantitative estimate of drug-likeness (QED) is 0.310. The summed E-state index contributed by atoms with van der Waals surface area (Å²) in [6.45, 7) is 9.69. The van der Waals surface area contributed by atoms with Gasteiger partial charge in [-0.3, -0.25) is 4.79 Å². The number of hydrogen-bond donors (Lipinski definition) is 1. The fourth-order valence-corrected chi connectivity index (χ4v) is 5.62. The molecule has 1 unspecified atom stereocenters. The van der Waals surface area contributed by atoms with Crippen LogP contribution in [0.3, 0.4) is 0 Å². The van der Waals surface area contributed by atoms with Gasteiger partial charge in [0, 0.05) is 24.8 Å². The molecular formula is C32H46NNaO4. The van der Waals surface area contributed by atoms with Crippen molar-refractivity contribution in [1.29, 1.82) is 0 Å². The van der Waals surface area contributed by atoms with Crippen LogP contribution in [0.4, 0.5) is 5.69 Å². The molecule has 0 bridgehead atoms. The number of piperidine rings is 1. The average molecular weight is 532 g/mol. The Morgan fingerprint density at radius 3 is 2.42 bits per heavy atom. The molecule has 1 heterocycles. The van der Waals surface area contributed by atoms with Crippen LogP contribution in [-0.4, -0.2) is 67.4 Å². The van der Waals surface area contributed by atoms with Crippen molar-refractivity contribution in [2.45, 2.75) is 78.1 Å². The molecule has 2 fully saturated rings. The molecule has 1 aliphatic heterocycles. The normalized spacial score (nSPS) is 17.0. The van der Waals surface area contributed by atoms with Crippen LogP contribution in [0, 0.1) is 17.3 Å². The molecule has 4 rings (SSSR count). The minimum absolute atomic E-state index is 0. The standard InChI is InChI=1S/C32H45NO4.Na.H/c1-32(2,3)16-6-8-25-12-13-27(36-4)20-30(25)33-17-14-23(15-18-33)22-37-28-9-5-7-26(19-28)29(21-31(34)35)24-10-11-24;;/h5,7,9,12-13,19-20,23-24,29H,6,8,10-11,14-18,21-22H2,1-4H3,(H,34,35);;. The van der Waals surface area contributed by atoms with Crippen molar-refractivity contribution in [3.05, 3.63) is 53.6 Å². The van der Waals surface area contributed by atoms with Gasteiger partial charge < -0.3 is 19.5 Å². The summed E-state index contributed by atoms with van der Waals surface area (Å²) in [5, 5.41) is 9.35. The molecule has 0 aromatic heterocycles. The third-order valence-corrected chi connectivity index (χ3v) is 7.98. The van der Waals surface area contributed by atoms with E-state index >= 15 is 0 Å². The molecule has 1 saturated carbocycles. The first-order chi connectivity index (χ1) is 17.7. The molecule has 2 aromatic carbocycles. The predicted molar refractivity (Wildman–Crippen MR) is 157 cm³/mol. The van der Waals surface area contributed by atoms with Gasteiger partial charge in [-0.05, 0) is 97.4 Å². The summed E-state index contributed by atoms with van der Waals surface area (Å²) in [6, 6.07) is 14.7. The Balaban J connectivity index is 0.00000400. The van der Waals surface area contributed by atoms with Crippen LogP contribution in [0.2, 0.25) is 0 Å². The SMILES string of the molecule is COc1ccc(CCCC(C)(C)C)c(N2CCC(COc3cccc(C(CC(=O)O)C4CC4)c3)CC2)c1.[NaH]. The number of nitrogens with zero attached hydrogens (tertiary/aromatic N) is 1. The van der Waals surface area contributed by atoms with E-state index in [1.807, 2.05) is 12.1 Å². The first kappa shape index (κ1) is 30.8. The van der Waals surface area contributed by atoms with Crippen molar-refractivity contribution in [3.63, 3.8) is 0 Å². The Kier molecular flexibility index (Phi) is 11.4. The van der Waals surface area contributed by atoms with Gasteiger partial charge in [-0.2, -0.15) is 0 Å². The summed E-state index contributed by atoms with van der Waals surface area (Å²) in [7, 11) is 1.74. The van der Waals surface area contributed by atoms with Crippen molar-refractivity contribution in [2.75, 3.05) is 31.7 Å². The van der Waals surface area contributed by atoms with Crippen molar-refractivity contribution in [2.24, 2.45) is 17.3 Å². The molecular weight excluding hydrogens is 485 g/mol. The summed E-state index contributed by atoms with van der Waals surface area (Å²) in [5.74, 6) is 2.20. The van der Waals surface area contributed by atoms with Gasteiger partial charge in [0.05, 0.1) is 20.1 Å². The van der Waals surface area contributed by atoms with Gasteiger partial charge >= 0.3 is 35.5 Å². The van der Waals surface area contributed by atoms with Gasteiger partial charge in [0.25, 0.3) is 0 Å². The molecule has 1 atom stereocenters. The molecule has 0 amide bonds.